The summed E-state index contributed by atoms with van der Waals surface area (Å²) in [5.74, 6) is -1.04. The van der Waals surface area contributed by atoms with Crippen LogP contribution in [0.4, 0.5) is 4.39 Å². The Bertz CT molecular complexity index is 1290. The number of ether oxygens (including phenoxy) is 1. The van der Waals surface area contributed by atoms with Crippen LogP contribution in [-0.2, 0) is 19.5 Å². The predicted molar refractivity (Wildman–Crippen MR) is 119 cm³/mol. The maximum Gasteiger partial charge on any atom is 0.273 e. The molecule has 2 aromatic carbocycles. The summed E-state index contributed by atoms with van der Waals surface area (Å²) in [5, 5.41) is 11.8. The number of hydrogen-bond acceptors (Lipinski definition) is 5. The van der Waals surface area contributed by atoms with Crippen LogP contribution < -0.4 is 10.1 Å². The first kappa shape index (κ1) is 21.7. The Kier molecular flexibility index (Phi) is 6.32. The highest BCUT2D eigenvalue weighted by Gasteiger charge is 2.16. The first-order valence-corrected chi connectivity index (χ1v) is 10.4. The van der Waals surface area contributed by atoms with Crippen LogP contribution in [0.3, 0.4) is 0 Å². The highest BCUT2D eigenvalue weighted by atomic mass is 35.5. The molecule has 0 saturated heterocycles. The molecular weight excluding hydrogens is 433 g/mol. The number of methoxy groups -OCH3 is 1. The number of rotatable bonds is 7. The maximum absolute atomic E-state index is 14.4. The van der Waals surface area contributed by atoms with Crippen molar-refractivity contribution in [2.24, 2.45) is 0 Å². The van der Waals surface area contributed by atoms with Crippen molar-refractivity contribution >= 4 is 28.4 Å². The SMILES string of the molecule is CCc1ccc2cc(Cn3cc(C(=O)NCc4c(Cl)ccc(OC)c4F)nn3)ccc2n1. The number of fused-ring (bicyclic) bond motifs is 1. The zero-order chi connectivity index (χ0) is 22.7. The average Bonchev–Trinajstić information content (AvgIpc) is 3.27. The minimum Gasteiger partial charge on any atom is -0.494 e. The summed E-state index contributed by atoms with van der Waals surface area (Å²) in [6.45, 7) is 2.41. The third-order valence-electron chi connectivity index (χ3n) is 5.09. The van der Waals surface area contributed by atoms with Crippen LogP contribution in [-0.4, -0.2) is 33.0 Å². The fourth-order valence-corrected chi connectivity index (χ4v) is 3.55. The van der Waals surface area contributed by atoms with Crippen LogP contribution in [0.2, 0.25) is 5.02 Å². The Morgan fingerprint density at radius 3 is 2.84 bits per heavy atom. The smallest absolute Gasteiger partial charge is 0.273 e. The third kappa shape index (κ3) is 4.55. The number of carbonyl (C=O) groups is 1. The van der Waals surface area contributed by atoms with Gasteiger partial charge in [-0.25, -0.2) is 9.07 Å². The summed E-state index contributed by atoms with van der Waals surface area (Å²) in [6, 6.07) is 13.0. The van der Waals surface area contributed by atoms with Crippen molar-refractivity contribution < 1.29 is 13.9 Å². The monoisotopic (exact) mass is 453 g/mol. The number of halogens is 2. The number of nitrogens with one attached hydrogen (secondary N) is 1. The van der Waals surface area contributed by atoms with Gasteiger partial charge in [0.25, 0.3) is 5.91 Å². The van der Waals surface area contributed by atoms with Gasteiger partial charge in [-0.3, -0.25) is 9.78 Å². The molecule has 1 amide bonds. The largest absolute Gasteiger partial charge is 0.494 e. The van der Waals surface area contributed by atoms with Crippen LogP contribution >= 0.6 is 11.6 Å². The van der Waals surface area contributed by atoms with E-state index in [9.17, 15) is 9.18 Å². The molecule has 0 unspecified atom stereocenters. The van der Waals surface area contributed by atoms with Gasteiger partial charge >= 0.3 is 0 Å². The normalized spacial score (nSPS) is 11.0. The molecule has 0 bridgehead atoms. The quantitative estimate of drug-likeness (QED) is 0.454. The average molecular weight is 454 g/mol. The highest BCUT2D eigenvalue weighted by molar-refractivity contribution is 6.31. The lowest BCUT2D eigenvalue weighted by Crippen LogP contribution is -2.24. The number of carbonyl (C=O) groups excluding carboxylic acids is 1. The standard InChI is InChI=1S/C23H21ClFN5O2/c1-3-16-6-5-15-10-14(4-8-19(15)27-16)12-30-13-20(28-29-30)23(31)26-11-17-18(24)7-9-21(32-2)22(17)25/h4-10,13H,3,11-12H2,1-2H3,(H,26,31). The van der Waals surface area contributed by atoms with Crippen molar-refractivity contribution in [2.75, 3.05) is 7.11 Å². The van der Waals surface area contributed by atoms with Gasteiger partial charge in [0.1, 0.15) is 0 Å². The molecular formula is C23H21ClFN5O2. The topological polar surface area (TPSA) is 81.9 Å². The molecule has 0 aliphatic rings. The van der Waals surface area contributed by atoms with E-state index < -0.39 is 11.7 Å². The zero-order valence-corrected chi connectivity index (χ0v) is 18.4. The van der Waals surface area contributed by atoms with Gasteiger partial charge in [-0.15, -0.1) is 5.10 Å². The molecule has 2 aromatic heterocycles. The summed E-state index contributed by atoms with van der Waals surface area (Å²) in [4.78, 5) is 17.1. The molecule has 0 fully saturated rings. The number of pyridine rings is 1. The van der Waals surface area contributed by atoms with Crippen molar-refractivity contribution in [2.45, 2.75) is 26.4 Å². The van der Waals surface area contributed by atoms with Gasteiger partial charge in [0, 0.05) is 28.2 Å². The van der Waals surface area contributed by atoms with Crippen molar-refractivity contribution in [3.63, 3.8) is 0 Å². The third-order valence-corrected chi connectivity index (χ3v) is 5.44. The number of hydrogen-bond donors (Lipinski definition) is 1. The second-order valence-electron chi connectivity index (χ2n) is 7.21. The number of aryl methyl sites for hydroxylation is 1. The Morgan fingerprint density at radius 2 is 2.06 bits per heavy atom. The fourth-order valence-electron chi connectivity index (χ4n) is 3.33. The van der Waals surface area contributed by atoms with E-state index in [4.69, 9.17) is 16.3 Å². The molecule has 0 atom stereocenters. The van der Waals surface area contributed by atoms with Gasteiger partial charge in [0.2, 0.25) is 0 Å². The molecule has 0 radical (unpaired) electrons. The second kappa shape index (κ2) is 9.32. The highest BCUT2D eigenvalue weighted by Crippen LogP contribution is 2.27. The maximum atomic E-state index is 14.4. The van der Waals surface area contributed by atoms with Crippen LogP contribution in [0, 0.1) is 5.82 Å². The van der Waals surface area contributed by atoms with E-state index in [-0.39, 0.29) is 28.6 Å². The lowest BCUT2D eigenvalue weighted by atomic mass is 10.1. The number of nitrogens with zero attached hydrogens (tertiary/aromatic N) is 4. The lowest BCUT2D eigenvalue weighted by molar-refractivity contribution is 0.0945. The van der Waals surface area contributed by atoms with Gasteiger partial charge < -0.3 is 10.1 Å². The number of aromatic nitrogens is 4. The first-order valence-electron chi connectivity index (χ1n) is 10.1. The predicted octanol–water partition coefficient (Wildman–Crippen LogP) is 4.17. The zero-order valence-electron chi connectivity index (χ0n) is 17.6. The summed E-state index contributed by atoms with van der Waals surface area (Å²) in [7, 11) is 1.36. The van der Waals surface area contributed by atoms with Crippen LogP contribution in [0.1, 0.15) is 34.2 Å². The number of amides is 1. The van der Waals surface area contributed by atoms with Gasteiger partial charge in [-0.05, 0) is 42.3 Å². The van der Waals surface area contributed by atoms with Crippen molar-refractivity contribution in [3.05, 3.63) is 82.0 Å². The molecule has 4 aromatic rings. The summed E-state index contributed by atoms with van der Waals surface area (Å²) < 4.78 is 20.9. The first-order chi connectivity index (χ1) is 15.5. The minimum atomic E-state index is -0.610. The fraction of sp³-hybridized carbons (Fsp3) is 0.217. The van der Waals surface area contributed by atoms with Gasteiger partial charge in [-0.1, -0.05) is 35.9 Å². The van der Waals surface area contributed by atoms with E-state index in [1.165, 1.54) is 19.2 Å². The van der Waals surface area contributed by atoms with Crippen molar-refractivity contribution in [3.8, 4) is 5.75 Å². The van der Waals surface area contributed by atoms with Crippen molar-refractivity contribution in [1.29, 1.82) is 0 Å². The Labute approximate surface area is 189 Å². The molecule has 164 valence electrons. The molecule has 0 aliphatic carbocycles. The molecule has 2 heterocycles. The summed E-state index contributed by atoms with van der Waals surface area (Å²) in [6.07, 6.45) is 2.43. The molecule has 0 spiro atoms. The molecule has 0 saturated carbocycles. The number of benzene rings is 2. The molecule has 1 N–H and O–H groups in total. The molecule has 32 heavy (non-hydrogen) atoms. The Morgan fingerprint density at radius 1 is 1.22 bits per heavy atom. The van der Waals surface area contributed by atoms with E-state index in [2.05, 4.69) is 27.5 Å². The van der Waals surface area contributed by atoms with Crippen molar-refractivity contribution in [1.82, 2.24) is 25.3 Å². The van der Waals surface area contributed by atoms with E-state index in [1.807, 2.05) is 30.3 Å². The van der Waals surface area contributed by atoms with Gasteiger partial charge in [0.15, 0.2) is 17.3 Å². The van der Waals surface area contributed by atoms with E-state index in [0.717, 1.165) is 28.6 Å². The Balaban J connectivity index is 1.43. The Hall–Kier alpha value is -3.52. The van der Waals surface area contributed by atoms with E-state index in [0.29, 0.717) is 6.54 Å². The minimum absolute atomic E-state index is 0.0566. The lowest BCUT2D eigenvalue weighted by Gasteiger charge is -2.10. The van der Waals surface area contributed by atoms with Gasteiger partial charge in [-0.2, -0.15) is 0 Å². The molecule has 4 rings (SSSR count). The van der Waals surface area contributed by atoms with Gasteiger partial charge in [0.05, 0.1) is 25.4 Å². The summed E-state index contributed by atoms with van der Waals surface area (Å²) >= 11 is 6.06. The van der Waals surface area contributed by atoms with E-state index >= 15 is 0 Å². The van der Waals surface area contributed by atoms with Crippen LogP contribution in [0.5, 0.6) is 5.75 Å². The summed E-state index contributed by atoms with van der Waals surface area (Å²) in [5.41, 5.74) is 3.26. The van der Waals surface area contributed by atoms with Crippen LogP contribution in [0.25, 0.3) is 10.9 Å². The van der Waals surface area contributed by atoms with E-state index in [1.54, 1.807) is 10.9 Å². The van der Waals surface area contributed by atoms with Crippen LogP contribution in [0.15, 0.2) is 48.7 Å². The second-order valence-corrected chi connectivity index (χ2v) is 7.62. The molecule has 9 heteroatoms. The molecule has 0 aliphatic heterocycles. The molecule has 7 nitrogen and oxygen atoms in total.